The molecule has 25 heavy (non-hydrogen) atoms. The van der Waals surface area contributed by atoms with E-state index in [-0.39, 0.29) is 17.2 Å². The molecule has 5 nitrogen and oxygen atoms in total. The van der Waals surface area contributed by atoms with E-state index in [9.17, 15) is 9.90 Å². The highest BCUT2D eigenvalue weighted by atomic mass is 16.5. The zero-order chi connectivity index (χ0) is 18.6. The fourth-order valence-electron chi connectivity index (χ4n) is 3.10. The first-order valence-corrected chi connectivity index (χ1v) is 9.00. The quantitative estimate of drug-likeness (QED) is 0.777. The van der Waals surface area contributed by atoms with Crippen LogP contribution in [0.25, 0.3) is 11.1 Å². The van der Waals surface area contributed by atoms with Crippen LogP contribution in [-0.2, 0) is 19.9 Å². The smallest absolute Gasteiger partial charge is 0.278 e. The summed E-state index contributed by atoms with van der Waals surface area (Å²) in [5.74, 6) is -0.0392. The molecule has 0 aliphatic rings. The van der Waals surface area contributed by atoms with E-state index in [4.69, 9.17) is 4.74 Å². The van der Waals surface area contributed by atoms with Crippen LogP contribution in [0.3, 0.4) is 0 Å². The second-order valence-corrected chi connectivity index (χ2v) is 6.32. The summed E-state index contributed by atoms with van der Waals surface area (Å²) in [5, 5.41) is 14.2. The fraction of sp³-hybridized carbons (Fsp3) is 0.500. The van der Waals surface area contributed by atoms with Crippen LogP contribution >= 0.6 is 0 Å². The SMILES string of the molecule is CCCCOc1c(O)nn(C)c(=O)c1-c1c(CC)cc(C)cc1CC. The molecule has 0 fully saturated rings. The highest BCUT2D eigenvalue weighted by molar-refractivity contribution is 5.77. The van der Waals surface area contributed by atoms with Crippen LogP contribution in [0.2, 0.25) is 0 Å². The lowest BCUT2D eigenvalue weighted by Gasteiger charge is -2.18. The Balaban J connectivity index is 2.80. The summed E-state index contributed by atoms with van der Waals surface area (Å²) in [6, 6.07) is 4.20. The van der Waals surface area contributed by atoms with E-state index in [0.29, 0.717) is 12.2 Å². The molecule has 2 rings (SSSR count). The topological polar surface area (TPSA) is 64.3 Å². The molecule has 5 heteroatoms. The minimum absolute atomic E-state index is 0.199. The monoisotopic (exact) mass is 344 g/mol. The lowest BCUT2D eigenvalue weighted by molar-refractivity contribution is 0.284. The Morgan fingerprint density at radius 3 is 2.24 bits per heavy atom. The molecule has 0 saturated carbocycles. The maximum Gasteiger partial charge on any atom is 0.278 e. The van der Waals surface area contributed by atoms with Crippen LogP contribution in [0.5, 0.6) is 11.6 Å². The zero-order valence-electron chi connectivity index (χ0n) is 15.8. The highest BCUT2D eigenvalue weighted by Gasteiger charge is 2.23. The van der Waals surface area contributed by atoms with Crippen molar-refractivity contribution in [2.45, 2.75) is 53.4 Å². The summed E-state index contributed by atoms with van der Waals surface area (Å²) in [5.41, 5.74) is 4.37. The van der Waals surface area contributed by atoms with Gasteiger partial charge in [0.25, 0.3) is 11.4 Å². The Labute approximate surface area is 149 Å². The van der Waals surface area contributed by atoms with E-state index in [0.717, 1.165) is 42.4 Å². The molecule has 1 aromatic heterocycles. The van der Waals surface area contributed by atoms with Crippen molar-refractivity contribution >= 4 is 0 Å². The van der Waals surface area contributed by atoms with Gasteiger partial charge in [0.15, 0.2) is 5.75 Å². The summed E-state index contributed by atoms with van der Waals surface area (Å²) in [6.45, 7) is 8.71. The van der Waals surface area contributed by atoms with Crippen LogP contribution in [0, 0.1) is 6.92 Å². The van der Waals surface area contributed by atoms with Crippen molar-refractivity contribution in [1.82, 2.24) is 9.78 Å². The summed E-state index contributed by atoms with van der Waals surface area (Å²) in [6.07, 6.45) is 3.41. The number of aromatic hydroxyl groups is 1. The van der Waals surface area contributed by atoms with E-state index < -0.39 is 0 Å². The molecule has 0 radical (unpaired) electrons. The van der Waals surface area contributed by atoms with E-state index in [2.05, 4.69) is 44.9 Å². The zero-order valence-corrected chi connectivity index (χ0v) is 15.8. The van der Waals surface area contributed by atoms with Crippen LogP contribution in [-0.4, -0.2) is 21.5 Å². The molecule has 0 atom stereocenters. The van der Waals surface area contributed by atoms with Crippen LogP contribution in [0.4, 0.5) is 0 Å². The number of aromatic nitrogens is 2. The normalized spacial score (nSPS) is 10.9. The van der Waals surface area contributed by atoms with Crippen molar-refractivity contribution in [2.24, 2.45) is 7.05 Å². The van der Waals surface area contributed by atoms with Gasteiger partial charge in [-0.3, -0.25) is 4.79 Å². The molecular weight excluding hydrogens is 316 g/mol. The van der Waals surface area contributed by atoms with Gasteiger partial charge in [0.2, 0.25) is 0 Å². The number of nitrogens with zero attached hydrogens (tertiary/aromatic N) is 2. The molecule has 136 valence electrons. The van der Waals surface area contributed by atoms with Crippen molar-refractivity contribution in [1.29, 1.82) is 0 Å². The molecule has 0 unspecified atom stereocenters. The highest BCUT2D eigenvalue weighted by Crippen LogP contribution is 2.38. The number of rotatable bonds is 7. The van der Waals surface area contributed by atoms with Gasteiger partial charge < -0.3 is 9.84 Å². The number of unbranched alkanes of at least 4 members (excludes halogenated alkanes) is 1. The van der Waals surface area contributed by atoms with E-state index in [1.54, 1.807) is 7.05 Å². The maximum atomic E-state index is 12.9. The van der Waals surface area contributed by atoms with Gasteiger partial charge in [-0.2, -0.15) is 0 Å². The van der Waals surface area contributed by atoms with Crippen molar-refractivity contribution in [3.05, 3.63) is 39.2 Å². The maximum absolute atomic E-state index is 12.9. The average Bonchev–Trinajstić information content (AvgIpc) is 2.59. The molecule has 0 bridgehead atoms. The molecule has 2 aromatic rings. The number of hydrogen-bond acceptors (Lipinski definition) is 4. The summed E-state index contributed by atoms with van der Waals surface area (Å²) >= 11 is 0. The summed E-state index contributed by atoms with van der Waals surface area (Å²) < 4.78 is 6.98. The minimum atomic E-state index is -0.252. The van der Waals surface area contributed by atoms with Gasteiger partial charge in [-0.15, -0.1) is 5.10 Å². The first-order valence-electron chi connectivity index (χ1n) is 9.00. The molecule has 0 amide bonds. The van der Waals surface area contributed by atoms with Gasteiger partial charge in [-0.05, 0) is 42.9 Å². The van der Waals surface area contributed by atoms with Crippen molar-refractivity contribution in [3.8, 4) is 22.8 Å². The number of ether oxygens (including phenoxy) is 1. The van der Waals surface area contributed by atoms with Gasteiger partial charge in [0.05, 0.1) is 12.2 Å². The average molecular weight is 344 g/mol. The third-order valence-electron chi connectivity index (χ3n) is 4.38. The fourth-order valence-corrected chi connectivity index (χ4v) is 3.10. The van der Waals surface area contributed by atoms with Gasteiger partial charge in [-0.1, -0.05) is 44.9 Å². The second-order valence-electron chi connectivity index (χ2n) is 6.32. The first kappa shape index (κ1) is 19.0. The number of aryl methyl sites for hydroxylation is 4. The molecule has 0 spiro atoms. The Bertz CT molecular complexity index is 784. The van der Waals surface area contributed by atoms with E-state index in [1.807, 2.05) is 0 Å². The predicted molar refractivity (Wildman–Crippen MR) is 100 cm³/mol. The molecular formula is C20H28N2O3. The number of benzene rings is 1. The number of hydrogen-bond donors (Lipinski definition) is 1. The lowest BCUT2D eigenvalue weighted by Crippen LogP contribution is -2.23. The third-order valence-corrected chi connectivity index (χ3v) is 4.38. The first-order chi connectivity index (χ1) is 11.9. The van der Waals surface area contributed by atoms with Crippen molar-refractivity contribution < 1.29 is 9.84 Å². The lowest BCUT2D eigenvalue weighted by atomic mass is 9.90. The van der Waals surface area contributed by atoms with Crippen LogP contribution < -0.4 is 10.3 Å². The van der Waals surface area contributed by atoms with Crippen LogP contribution in [0.15, 0.2) is 16.9 Å². The summed E-state index contributed by atoms with van der Waals surface area (Å²) in [4.78, 5) is 12.9. The Kier molecular flexibility index (Phi) is 6.23. The van der Waals surface area contributed by atoms with Crippen LogP contribution in [0.1, 0.15) is 50.3 Å². The predicted octanol–water partition coefficient (Wildman–Crippen LogP) is 3.77. The van der Waals surface area contributed by atoms with Gasteiger partial charge in [0, 0.05) is 7.05 Å². The second kappa shape index (κ2) is 8.19. The van der Waals surface area contributed by atoms with Crippen molar-refractivity contribution in [2.75, 3.05) is 6.61 Å². The largest absolute Gasteiger partial charge is 0.490 e. The Morgan fingerprint density at radius 1 is 1.12 bits per heavy atom. The van der Waals surface area contributed by atoms with Crippen molar-refractivity contribution in [3.63, 3.8) is 0 Å². The molecule has 1 N–H and O–H groups in total. The van der Waals surface area contributed by atoms with E-state index >= 15 is 0 Å². The molecule has 0 aliphatic heterocycles. The van der Waals surface area contributed by atoms with Gasteiger partial charge in [-0.25, -0.2) is 4.68 Å². The molecule has 0 saturated heterocycles. The third kappa shape index (κ3) is 3.86. The Morgan fingerprint density at radius 2 is 1.72 bits per heavy atom. The Hall–Kier alpha value is -2.30. The van der Waals surface area contributed by atoms with E-state index in [1.165, 1.54) is 10.2 Å². The standard InChI is InChI=1S/C20H28N2O3/c1-6-9-10-25-18-17(20(24)22(5)21-19(18)23)16-14(7-2)11-13(4)12-15(16)8-3/h11-12H,6-10H2,1-5H3,(H,21,23). The molecule has 0 aliphatic carbocycles. The van der Waals surface area contributed by atoms with Gasteiger partial charge in [0.1, 0.15) is 0 Å². The summed E-state index contributed by atoms with van der Waals surface area (Å²) in [7, 11) is 1.55. The molecule has 1 aromatic carbocycles. The minimum Gasteiger partial charge on any atom is -0.490 e. The molecule has 1 heterocycles. The van der Waals surface area contributed by atoms with Gasteiger partial charge >= 0.3 is 0 Å².